The maximum atomic E-state index is 11.1. The summed E-state index contributed by atoms with van der Waals surface area (Å²) in [6.45, 7) is 2.59. The van der Waals surface area contributed by atoms with Crippen molar-refractivity contribution in [2.45, 2.75) is 12.8 Å². The zero-order chi connectivity index (χ0) is 14.8. The number of H-pyrrole nitrogens is 1. The highest BCUT2D eigenvalue weighted by molar-refractivity contribution is 6.33. The minimum absolute atomic E-state index is 0.273. The van der Waals surface area contributed by atoms with Crippen molar-refractivity contribution in [3.63, 3.8) is 0 Å². The zero-order valence-corrected chi connectivity index (χ0v) is 12.3. The Hall–Kier alpha value is -1.79. The average molecular weight is 309 g/mol. The summed E-state index contributed by atoms with van der Waals surface area (Å²) in [4.78, 5) is 13.3. The van der Waals surface area contributed by atoms with E-state index in [4.69, 9.17) is 21.8 Å². The smallest absolute Gasteiger partial charge is 0.388 e. The van der Waals surface area contributed by atoms with Gasteiger partial charge in [-0.05, 0) is 43.5 Å². The largest absolute Gasteiger partial charge is 0.434 e. The topological polar surface area (TPSA) is 88.1 Å². The van der Waals surface area contributed by atoms with E-state index < -0.39 is 5.76 Å². The minimum Gasteiger partial charge on any atom is -0.388 e. The van der Waals surface area contributed by atoms with E-state index in [-0.39, 0.29) is 5.89 Å². The molecule has 0 radical (unpaired) electrons. The highest BCUT2D eigenvalue weighted by Crippen LogP contribution is 2.32. The van der Waals surface area contributed by atoms with E-state index in [1.54, 1.807) is 12.1 Å². The van der Waals surface area contributed by atoms with E-state index in [2.05, 4.69) is 15.1 Å². The van der Waals surface area contributed by atoms with E-state index in [1.807, 2.05) is 6.07 Å². The standard InChI is InChI=1S/C14H17ClN4O2/c15-11-2-1-10(13-17-18-14(20)21-13)7-12(11)19-5-3-9(8-16)4-6-19/h1-2,7,9H,3-6,8,16H2,(H,18,20). The van der Waals surface area contributed by atoms with Crippen LogP contribution in [0.25, 0.3) is 11.5 Å². The summed E-state index contributed by atoms with van der Waals surface area (Å²) in [5.74, 6) is 0.299. The van der Waals surface area contributed by atoms with Crippen LogP contribution in [0.4, 0.5) is 5.69 Å². The number of hydrogen-bond donors (Lipinski definition) is 2. The number of nitrogens with one attached hydrogen (secondary N) is 1. The lowest BCUT2D eigenvalue weighted by molar-refractivity contribution is 0.414. The second kappa shape index (κ2) is 5.91. The number of nitrogens with two attached hydrogens (primary N) is 1. The summed E-state index contributed by atoms with van der Waals surface area (Å²) in [6, 6.07) is 5.50. The monoisotopic (exact) mass is 308 g/mol. The predicted molar refractivity (Wildman–Crippen MR) is 81.6 cm³/mol. The molecule has 1 aliphatic rings. The third-order valence-corrected chi connectivity index (χ3v) is 4.24. The minimum atomic E-state index is -0.565. The van der Waals surface area contributed by atoms with Gasteiger partial charge in [-0.15, -0.1) is 5.10 Å². The second-order valence-corrected chi connectivity index (χ2v) is 5.66. The van der Waals surface area contributed by atoms with Gasteiger partial charge < -0.3 is 15.1 Å². The normalized spacial score (nSPS) is 16.4. The Morgan fingerprint density at radius 2 is 2.19 bits per heavy atom. The number of hydrogen-bond acceptors (Lipinski definition) is 5. The van der Waals surface area contributed by atoms with Crippen LogP contribution in [0.5, 0.6) is 0 Å². The molecule has 21 heavy (non-hydrogen) atoms. The fourth-order valence-electron chi connectivity index (χ4n) is 2.65. The molecule has 7 heteroatoms. The fraction of sp³-hybridized carbons (Fsp3) is 0.429. The van der Waals surface area contributed by atoms with E-state index in [9.17, 15) is 4.79 Å². The van der Waals surface area contributed by atoms with Gasteiger partial charge in [0.05, 0.1) is 10.7 Å². The van der Waals surface area contributed by atoms with Gasteiger partial charge in [-0.3, -0.25) is 0 Å². The van der Waals surface area contributed by atoms with Crippen molar-refractivity contribution in [2.75, 3.05) is 24.5 Å². The summed E-state index contributed by atoms with van der Waals surface area (Å²) in [6.07, 6.45) is 2.13. The number of aromatic amines is 1. The number of halogens is 1. The van der Waals surface area contributed by atoms with Gasteiger partial charge in [0, 0.05) is 18.7 Å². The van der Waals surface area contributed by atoms with Gasteiger partial charge in [0.15, 0.2) is 0 Å². The first-order valence-electron chi connectivity index (χ1n) is 6.98. The molecular formula is C14H17ClN4O2. The highest BCUT2D eigenvalue weighted by Gasteiger charge is 2.20. The summed E-state index contributed by atoms with van der Waals surface area (Å²) < 4.78 is 4.99. The van der Waals surface area contributed by atoms with E-state index in [1.165, 1.54) is 0 Å². The third-order valence-electron chi connectivity index (χ3n) is 3.92. The van der Waals surface area contributed by atoms with Gasteiger partial charge in [0.1, 0.15) is 0 Å². The number of aromatic nitrogens is 2. The molecule has 0 atom stereocenters. The number of anilines is 1. The molecule has 0 bridgehead atoms. The molecule has 1 aromatic carbocycles. The first kappa shape index (κ1) is 14.2. The molecule has 2 aromatic rings. The SMILES string of the molecule is NCC1CCN(c2cc(-c3n[nH]c(=O)o3)ccc2Cl)CC1. The van der Waals surface area contributed by atoms with E-state index in [0.717, 1.165) is 43.7 Å². The average Bonchev–Trinajstić information content (AvgIpc) is 2.94. The lowest BCUT2D eigenvalue weighted by atomic mass is 9.96. The van der Waals surface area contributed by atoms with Crippen molar-refractivity contribution in [1.29, 1.82) is 0 Å². The van der Waals surface area contributed by atoms with Gasteiger partial charge in [-0.25, -0.2) is 9.89 Å². The van der Waals surface area contributed by atoms with Crippen LogP contribution >= 0.6 is 11.6 Å². The van der Waals surface area contributed by atoms with Crippen molar-refractivity contribution in [2.24, 2.45) is 11.7 Å². The first-order chi connectivity index (χ1) is 10.2. The Morgan fingerprint density at radius 3 is 2.81 bits per heavy atom. The maximum absolute atomic E-state index is 11.1. The van der Waals surface area contributed by atoms with Crippen molar-refractivity contribution in [1.82, 2.24) is 10.2 Å². The van der Waals surface area contributed by atoms with Crippen LogP contribution in [0.1, 0.15) is 12.8 Å². The van der Waals surface area contributed by atoms with Gasteiger partial charge in [-0.2, -0.15) is 0 Å². The van der Waals surface area contributed by atoms with Crippen LogP contribution in [0, 0.1) is 5.92 Å². The molecule has 6 nitrogen and oxygen atoms in total. The second-order valence-electron chi connectivity index (χ2n) is 5.25. The molecule has 1 fully saturated rings. The van der Waals surface area contributed by atoms with Crippen molar-refractivity contribution in [3.8, 4) is 11.5 Å². The molecule has 3 N–H and O–H groups in total. The van der Waals surface area contributed by atoms with E-state index in [0.29, 0.717) is 10.9 Å². The molecule has 1 aliphatic heterocycles. The lowest BCUT2D eigenvalue weighted by Crippen LogP contribution is -2.36. The Morgan fingerprint density at radius 1 is 1.43 bits per heavy atom. The Labute approximate surface area is 126 Å². The molecule has 1 saturated heterocycles. The summed E-state index contributed by atoms with van der Waals surface area (Å²) >= 11 is 6.31. The Balaban J connectivity index is 1.87. The van der Waals surface area contributed by atoms with E-state index >= 15 is 0 Å². The molecule has 0 spiro atoms. The molecule has 0 saturated carbocycles. The molecule has 0 amide bonds. The van der Waals surface area contributed by atoms with Crippen molar-refractivity contribution < 1.29 is 4.42 Å². The van der Waals surface area contributed by atoms with Gasteiger partial charge in [0.25, 0.3) is 0 Å². The highest BCUT2D eigenvalue weighted by atomic mass is 35.5. The summed E-state index contributed by atoms with van der Waals surface area (Å²) in [5.41, 5.74) is 7.39. The van der Waals surface area contributed by atoms with Crippen LogP contribution in [0.3, 0.4) is 0 Å². The Bertz CT molecular complexity index is 674. The van der Waals surface area contributed by atoms with Gasteiger partial charge >= 0.3 is 5.76 Å². The quantitative estimate of drug-likeness (QED) is 0.903. The van der Waals surface area contributed by atoms with Gasteiger partial charge in [-0.1, -0.05) is 11.6 Å². The van der Waals surface area contributed by atoms with Crippen molar-refractivity contribution in [3.05, 3.63) is 33.8 Å². The number of rotatable bonds is 3. The summed E-state index contributed by atoms with van der Waals surface area (Å²) in [5, 5.41) is 6.79. The molecular weight excluding hydrogens is 292 g/mol. The van der Waals surface area contributed by atoms with Gasteiger partial charge in [0.2, 0.25) is 5.89 Å². The number of nitrogens with zero attached hydrogens (tertiary/aromatic N) is 2. The molecule has 1 aromatic heterocycles. The van der Waals surface area contributed by atoms with Crippen LogP contribution in [0.15, 0.2) is 27.4 Å². The number of benzene rings is 1. The first-order valence-corrected chi connectivity index (χ1v) is 7.35. The molecule has 0 unspecified atom stereocenters. The zero-order valence-electron chi connectivity index (χ0n) is 11.5. The lowest BCUT2D eigenvalue weighted by Gasteiger charge is -2.33. The summed E-state index contributed by atoms with van der Waals surface area (Å²) in [7, 11) is 0. The fourth-order valence-corrected chi connectivity index (χ4v) is 2.89. The molecule has 2 heterocycles. The molecule has 112 valence electrons. The molecule has 0 aliphatic carbocycles. The number of piperidine rings is 1. The van der Waals surface area contributed by atoms with Crippen LogP contribution in [-0.4, -0.2) is 29.8 Å². The third kappa shape index (κ3) is 2.96. The van der Waals surface area contributed by atoms with Crippen LogP contribution in [0.2, 0.25) is 5.02 Å². The molecule has 3 rings (SSSR count). The Kier molecular flexibility index (Phi) is 3.98. The predicted octanol–water partition coefficient (Wildman–Crippen LogP) is 1.86. The van der Waals surface area contributed by atoms with Crippen LogP contribution < -0.4 is 16.4 Å². The van der Waals surface area contributed by atoms with Crippen LogP contribution in [-0.2, 0) is 0 Å². The maximum Gasteiger partial charge on any atom is 0.434 e. The van der Waals surface area contributed by atoms with Crippen molar-refractivity contribution >= 4 is 17.3 Å².